The maximum Gasteiger partial charge on any atom is 0.282 e. The zero-order chi connectivity index (χ0) is 15.6. The van der Waals surface area contributed by atoms with Crippen LogP contribution in [0.2, 0.25) is 0 Å². The molecule has 0 saturated carbocycles. The summed E-state index contributed by atoms with van der Waals surface area (Å²) in [5, 5.41) is 3.13. The Balaban J connectivity index is 2.13. The molecule has 0 aliphatic carbocycles. The first kappa shape index (κ1) is 17.1. The number of rotatable bonds is 5. The van der Waals surface area contributed by atoms with Gasteiger partial charge in [0.05, 0.1) is 0 Å². The number of piperidine rings is 1. The number of nitrogens with one attached hydrogen (secondary N) is 1. The summed E-state index contributed by atoms with van der Waals surface area (Å²) in [7, 11) is 2.62. The normalized spacial score (nSPS) is 32.9. The third kappa shape index (κ3) is 3.59. The number of hydrogen-bond donors (Lipinski definition) is 1. The highest BCUT2D eigenvalue weighted by molar-refractivity contribution is 7.86. The Bertz CT molecular complexity index is 438. The van der Waals surface area contributed by atoms with E-state index in [-0.39, 0.29) is 6.04 Å². The highest BCUT2D eigenvalue weighted by Gasteiger charge is 2.42. The largest absolute Gasteiger partial charge is 0.318 e. The maximum atomic E-state index is 13.0. The van der Waals surface area contributed by atoms with Crippen LogP contribution in [0.15, 0.2) is 0 Å². The van der Waals surface area contributed by atoms with Crippen molar-refractivity contribution in [2.45, 2.75) is 38.3 Å². The van der Waals surface area contributed by atoms with Crippen LogP contribution in [0, 0.1) is 5.92 Å². The molecule has 124 valence electrons. The van der Waals surface area contributed by atoms with E-state index in [1.165, 1.54) is 0 Å². The van der Waals surface area contributed by atoms with Gasteiger partial charge in [0.15, 0.2) is 0 Å². The Hall–Kier alpha value is -0.210. The smallest absolute Gasteiger partial charge is 0.282 e. The molecule has 2 saturated heterocycles. The molecule has 2 rings (SSSR count). The van der Waals surface area contributed by atoms with Gasteiger partial charge in [-0.25, -0.2) is 0 Å². The monoisotopic (exact) mass is 318 g/mol. The van der Waals surface area contributed by atoms with Crippen LogP contribution in [0.4, 0.5) is 0 Å². The van der Waals surface area contributed by atoms with E-state index in [4.69, 9.17) is 0 Å². The summed E-state index contributed by atoms with van der Waals surface area (Å²) in [5.41, 5.74) is 0. The minimum absolute atomic E-state index is 0.0995. The summed E-state index contributed by atoms with van der Waals surface area (Å²) in [6.07, 6.45) is 3.05. The van der Waals surface area contributed by atoms with Crippen molar-refractivity contribution in [3.63, 3.8) is 0 Å². The van der Waals surface area contributed by atoms with Crippen LogP contribution < -0.4 is 5.32 Å². The van der Waals surface area contributed by atoms with Crippen molar-refractivity contribution in [2.75, 3.05) is 47.3 Å². The van der Waals surface area contributed by atoms with Crippen molar-refractivity contribution in [3.8, 4) is 0 Å². The summed E-state index contributed by atoms with van der Waals surface area (Å²) < 4.78 is 29.4. The molecule has 0 radical (unpaired) electrons. The lowest BCUT2D eigenvalue weighted by atomic mass is 10.1. The van der Waals surface area contributed by atoms with E-state index >= 15 is 0 Å². The van der Waals surface area contributed by atoms with Gasteiger partial charge in [-0.15, -0.1) is 0 Å². The van der Waals surface area contributed by atoms with Crippen molar-refractivity contribution in [1.29, 1.82) is 0 Å². The van der Waals surface area contributed by atoms with Crippen LogP contribution in [0.5, 0.6) is 0 Å². The van der Waals surface area contributed by atoms with Crippen LogP contribution in [0.25, 0.3) is 0 Å². The van der Waals surface area contributed by atoms with Crippen molar-refractivity contribution in [2.24, 2.45) is 5.92 Å². The standard InChI is InChI=1S/C14H30N4O2S/c1-12-10-17(11-14(12)16(3)4)21(19,20)18-8-6-5-7-13(18)9-15-2/h12-15H,5-11H2,1-4H3. The SMILES string of the molecule is CNCC1CCCCN1S(=O)(=O)N1CC(C)C(N(C)C)C1. The molecule has 0 bridgehead atoms. The molecule has 21 heavy (non-hydrogen) atoms. The summed E-state index contributed by atoms with van der Waals surface area (Å²) in [4.78, 5) is 2.14. The van der Waals surface area contributed by atoms with E-state index in [1.54, 1.807) is 8.61 Å². The molecular formula is C14H30N4O2S. The van der Waals surface area contributed by atoms with E-state index < -0.39 is 10.2 Å². The highest BCUT2D eigenvalue weighted by Crippen LogP contribution is 2.28. The molecule has 2 fully saturated rings. The first-order valence-corrected chi connectivity index (χ1v) is 9.35. The Morgan fingerprint density at radius 3 is 2.52 bits per heavy atom. The van der Waals surface area contributed by atoms with Gasteiger partial charge in [-0.3, -0.25) is 0 Å². The zero-order valence-corrected chi connectivity index (χ0v) is 14.6. The van der Waals surface area contributed by atoms with Crippen LogP contribution in [0.3, 0.4) is 0 Å². The van der Waals surface area contributed by atoms with E-state index in [0.717, 1.165) is 25.8 Å². The summed E-state index contributed by atoms with van der Waals surface area (Å²) in [6.45, 7) is 4.78. The van der Waals surface area contributed by atoms with Gasteiger partial charge in [0.2, 0.25) is 0 Å². The van der Waals surface area contributed by atoms with Crippen LogP contribution in [0.1, 0.15) is 26.2 Å². The van der Waals surface area contributed by atoms with Crippen molar-refractivity contribution >= 4 is 10.2 Å². The molecule has 2 heterocycles. The number of nitrogens with zero attached hydrogens (tertiary/aromatic N) is 3. The molecular weight excluding hydrogens is 288 g/mol. The molecule has 2 aliphatic heterocycles. The summed E-state index contributed by atoms with van der Waals surface area (Å²) >= 11 is 0. The molecule has 0 aromatic rings. The zero-order valence-electron chi connectivity index (χ0n) is 13.7. The lowest BCUT2D eigenvalue weighted by Gasteiger charge is -2.37. The fourth-order valence-corrected chi connectivity index (χ4v) is 5.61. The average molecular weight is 318 g/mol. The van der Waals surface area contributed by atoms with Gasteiger partial charge in [-0.1, -0.05) is 13.3 Å². The first-order valence-electron chi connectivity index (χ1n) is 7.96. The Kier molecular flexibility index (Phi) is 5.65. The van der Waals surface area contributed by atoms with Crippen molar-refractivity contribution in [3.05, 3.63) is 0 Å². The summed E-state index contributed by atoms with van der Waals surface area (Å²) in [6, 6.07) is 0.412. The molecule has 0 aromatic carbocycles. The van der Waals surface area contributed by atoms with Gasteiger partial charge in [-0.2, -0.15) is 17.0 Å². The number of likely N-dealkylation sites (N-methyl/N-ethyl adjacent to an activating group) is 2. The van der Waals surface area contributed by atoms with Crippen molar-refractivity contribution in [1.82, 2.24) is 18.8 Å². The van der Waals surface area contributed by atoms with Gasteiger partial charge in [-0.05, 0) is 39.9 Å². The fraction of sp³-hybridized carbons (Fsp3) is 1.00. The predicted molar refractivity (Wildman–Crippen MR) is 85.4 cm³/mol. The van der Waals surface area contributed by atoms with E-state index in [2.05, 4.69) is 17.1 Å². The van der Waals surface area contributed by atoms with Crippen molar-refractivity contribution < 1.29 is 8.42 Å². The molecule has 0 aromatic heterocycles. The Labute approximate surface area is 129 Å². The fourth-order valence-electron chi connectivity index (χ4n) is 3.63. The topological polar surface area (TPSA) is 55.9 Å². The third-order valence-corrected chi connectivity index (χ3v) is 6.86. The van der Waals surface area contributed by atoms with Gasteiger partial charge in [0.25, 0.3) is 10.2 Å². The molecule has 7 heteroatoms. The third-order valence-electron chi connectivity index (χ3n) is 4.84. The van der Waals surface area contributed by atoms with Gasteiger partial charge < -0.3 is 10.2 Å². The van der Waals surface area contributed by atoms with Gasteiger partial charge in [0, 0.05) is 38.3 Å². The van der Waals surface area contributed by atoms with Crippen LogP contribution >= 0.6 is 0 Å². The first-order chi connectivity index (χ1) is 9.87. The quantitative estimate of drug-likeness (QED) is 0.786. The summed E-state index contributed by atoms with van der Waals surface area (Å²) in [5.74, 6) is 0.377. The molecule has 1 N–H and O–H groups in total. The molecule has 0 spiro atoms. The second kappa shape index (κ2) is 6.91. The molecule has 3 atom stereocenters. The lowest BCUT2D eigenvalue weighted by Crippen LogP contribution is -2.53. The van der Waals surface area contributed by atoms with E-state index in [0.29, 0.717) is 31.6 Å². The molecule has 0 amide bonds. The van der Waals surface area contributed by atoms with Crippen LogP contribution in [-0.2, 0) is 10.2 Å². The Morgan fingerprint density at radius 2 is 1.95 bits per heavy atom. The minimum Gasteiger partial charge on any atom is -0.318 e. The van der Waals surface area contributed by atoms with Crippen LogP contribution in [-0.4, -0.2) is 81.3 Å². The Morgan fingerprint density at radius 1 is 1.24 bits per heavy atom. The molecule has 2 aliphatic rings. The van der Waals surface area contributed by atoms with E-state index in [9.17, 15) is 8.42 Å². The molecule has 3 unspecified atom stereocenters. The minimum atomic E-state index is -3.33. The second-order valence-electron chi connectivity index (χ2n) is 6.65. The average Bonchev–Trinajstić information content (AvgIpc) is 2.82. The number of hydrogen-bond acceptors (Lipinski definition) is 4. The van der Waals surface area contributed by atoms with Gasteiger partial charge in [0.1, 0.15) is 0 Å². The van der Waals surface area contributed by atoms with Gasteiger partial charge >= 0.3 is 0 Å². The second-order valence-corrected chi connectivity index (χ2v) is 8.53. The predicted octanol–water partition coefficient (Wildman–Crippen LogP) is 0.187. The molecule has 6 nitrogen and oxygen atoms in total. The lowest BCUT2D eigenvalue weighted by molar-refractivity contribution is 0.229. The van der Waals surface area contributed by atoms with E-state index in [1.807, 2.05) is 21.1 Å². The maximum absolute atomic E-state index is 13.0. The highest BCUT2D eigenvalue weighted by atomic mass is 32.2.